The van der Waals surface area contributed by atoms with E-state index in [0.29, 0.717) is 0 Å². The highest BCUT2D eigenvalue weighted by Crippen LogP contribution is 2.56. The first kappa shape index (κ1) is 54.6. The number of hydrogen-bond donors (Lipinski definition) is 0. The Kier molecular flexibility index (Phi) is 11.8. The highest BCUT2D eigenvalue weighted by molar-refractivity contribution is 7.03. The van der Waals surface area contributed by atoms with E-state index in [4.69, 9.17) is 4.42 Å². The summed E-state index contributed by atoms with van der Waals surface area (Å²) < 4.78 is 9.81. The van der Waals surface area contributed by atoms with Crippen molar-refractivity contribution < 1.29 is 4.42 Å². The van der Waals surface area contributed by atoms with Gasteiger partial charge in [0.1, 0.15) is 11.2 Å². The Morgan fingerprint density at radius 3 is 1.32 bits per heavy atom. The molecule has 14 aromatic carbocycles. The molecular weight excluding hydrogens is 1160 g/mol. The van der Waals surface area contributed by atoms with E-state index in [1.54, 1.807) is 0 Å². The Hall–Kier alpha value is -12.0. The number of hydrogen-bond acceptors (Lipinski definition) is 5. The summed E-state index contributed by atoms with van der Waals surface area (Å²) in [5, 5.41) is 4.64. The van der Waals surface area contributed by atoms with Gasteiger partial charge in [-0.2, -0.15) is 0 Å². The molecule has 0 N–H and O–H groups in total. The van der Waals surface area contributed by atoms with Crippen LogP contribution in [0.5, 0.6) is 0 Å². The Bertz CT molecular complexity index is 5790. The summed E-state index contributed by atoms with van der Waals surface area (Å²) in [5.41, 5.74) is 31.7. The molecule has 0 aliphatic carbocycles. The first-order valence-electron chi connectivity index (χ1n) is 33.5. The van der Waals surface area contributed by atoms with Gasteiger partial charge in [-0.05, 0) is 146 Å². The zero-order valence-electron chi connectivity index (χ0n) is 53.3. The van der Waals surface area contributed by atoms with Crippen LogP contribution in [-0.2, 0) is 5.41 Å². The number of furan rings is 1. The zero-order valence-corrected chi connectivity index (χ0v) is 53.3. The molecule has 450 valence electrons. The van der Waals surface area contributed by atoms with Crippen LogP contribution in [0.15, 0.2) is 320 Å². The zero-order chi connectivity index (χ0) is 63.5. The van der Waals surface area contributed by atoms with Gasteiger partial charge >= 0.3 is 0 Å². The van der Waals surface area contributed by atoms with Crippen LogP contribution in [0.25, 0.3) is 71.7 Å². The molecule has 0 unspecified atom stereocenters. The molecule has 20 rings (SSSR count). The van der Waals surface area contributed by atoms with Crippen LogP contribution in [0.1, 0.15) is 26.3 Å². The number of aromatic nitrogens is 1. The summed E-state index contributed by atoms with van der Waals surface area (Å²) >= 11 is 0. The molecule has 0 fully saturated rings. The fourth-order valence-corrected chi connectivity index (χ4v) is 16.8. The van der Waals surface area contributed by atoms with Gasteiger partial charge in [-0.15, -0.1) is 0 Å². The van der Waals surface area contributed by atoms with Crippen molar-refractivity contribution in [1.29, 1.82) is 0 Å². The molecule has 8 heteroatoms. The third kappa shape index (κ3) is 7.84. The second-order valence-corrected chi connectivity index (χ2v) is 27.1. The molecule has 4 aliphatic rings. The van der Waals surface area contributed by atoms with E-state index in [9.17, 15) is 0 Å². The van der Waals surface area contributed by atoms with Crippen LogP contribution in [0.2, 0.25) is 0 Å². The molecule has 6 nitrogen and oxygen atoms in total. The monoisotopic (exact) mass is 1230 g/mol. The van der Waals surface area contributed by atoms with E-state index < -0.39 is 0 Å². The van der Waals surface area contributed by atoms with Gasteiger partial charge in [0.05, 0.1) is 33.5 Å². The Balaban J connectivity index is 0.989. The fraction of sp³-hybridized carbons (Fsp3) is 0.0455. The fourth-order valence-electron chi connectivity index (χ4n) is 16.8. The maximum atomic E-state index is 7.30. The summed E-state index contributed by atoms with van der Waals surface area (Å²) in [4.78, 5) is 10.4. The summed E-state index contributed by atoms with van der Waals surface area (Å²) in [6, 6.07) is 118. The van der Waals surface area contributed by atoms with Crippen molar-refractivity contribution in [2.24, 2.45) is 0 Å². The van der Waals surface area contributed by atoms with Crippen molar-refractivity contribution in [3.05, 3.63) is 321 Å². The van der Waals surface area contributed by atoms with Gasteiger partial charge in [-0.1, -0.05) is 239 Å². The van der Waals surface area contributed by atoms with Gasteiger partial charge < -0.3 is 28.6 Å². The average Bonchev–Trinajstić information content (AvgIpc) is 1.06. The van der Waals surface area contributed by atoms with Crippen LogP contribution in [-0.4, -0.2) is 18.0 Å². The molecule has 16 aromatic rings. The van der Waals surface area contributed by atoms with Crippen molar-refractivity contribution in [3.63, 3.8) is 0 Å². The van der Waals surface area contributed by atoms with Gasteiger partial charge in [-0.25, -0.2) is 0 Å². The first-order valence-corrected chi connectivity index (χ1v) is 33.5. The van der Waals surface area contributed by atoms with E-state index in [-0.39, 0.29) is 18.8 Å². The van der Waals surface area contributed by atoms with Crippen LogP contribution < -0.4 is 52.4 Å². The third-order valence-corrected chi connectivity index (χ3v) is 20.8. The topological polar surface area (TPSA) is 31.0 Å². The molecule has 0 radical (unpaired) electrons. The summed E-state index contributed by atoms with van der Waals surface area (Å²) in [6.45, 7) is 6.46. The maximum absolute atomic E-state index is 7.30. The second kappa shape index (κ2) is 20.8. The lowest BCUT2D eigenvalue weighted by Crippen LogP contribution is -2.65. The number of para-hydroxylation sites is 8. The van der Waals surface area contributed by atoms with Crippen molar-refractivity contribution in [1.82, 2.24) is 4.57 Å². The van der Waals surface area contributed by atoms with Crippen LogP contribution >= 0.6 is 0 Å². The number of fused-ring (bicyclic) bond motifs is 16. The smallest absolute Gasteiger partial charge is 0.252 e. The van der Waals surface area contributed by atoms with Crippen LogP contribution in [0.4, 0.5) is 68.2 Å². The summed E-state index contributed by atoms with van der Waals surface area (Å²) in [7, 11) is 0. The molecule has 4 aliphatic heterocycles. The van der Waals surface area contributed by atoms with Crippen molar-refractivity contribution in [3.8, 4) is 27.9 Å². The van der Waals surface area contributed by atoms with Gasteiger partial charge in [0, 0.05) is 90.2 Å². The Labute approximate surface area is 558 Å². The van der Waals surface area contributed by atoms with Gasteiger partial charge in [0.2, 0.25) is 0 Å². The molecular formula is C88H61B2N5O. The first-order chi connectivity index (χ1) is 47.3. The number of nitrogens with zero attached hydrogens (tertiary/aromatic N) is 5. The Morgan fingerprint density at radius 1 is 0.292 bits per heavy atom. The number of benzene rings is 14. The van der Waals surface area contributed by atoms with Crippen molar-refractivity contribution >= 4 is 158 Å². The lowest BCUT2D eigenvalue weighted by atomic mass is 9.30. The number of rotatable bonds is 7. The second-order valence-electron chi connectivity index (χ2n) is 27.1. The summed E-state index contributed by atoms with van der Waals surface area (Å²) in [6.07, 6.45) is 0. The van der Waals surface area contributed by atoms with Gasteiger partial charge in [0.25, 0.3) is 13.4 Å². The molecule has 0 saturated heterocycles. The largest absolute Gasteiger partial charge is 0.456 e. The summed E-state index contributed by atoms with van der Waals surface area (Å²) in [5.74, 6) is 0. The lowest BCUT2D eigenvalue weighted by molar-refractivity contribution is 0.590. The predicted molar refractivity (Wildman–Crippen MR) is 406 cm³/mol. The normalized spacial score (nSPS) is 13.4. The van der Waals surface area contributed by atoms with E-state index in [1.807, 2.05) is 0 Å². The van der Waals surface area contributed by atoms with E-state index >= 15 is 0 Å². The molecule has 6 heterocycles. The molecule has 0 amide bonds. The minimum atomic E-state index is -0.239. The molecule has 0 spiro atoms. The highest BCUT2D eigenvalue weighted by Gasteiger charge is 2.50. The predicted octanol–water partition coefficient (Wildman–Crippen LogP) is 19.5. The lowest BCUT2D eigenvalue weighted by Gasteiger charge is -2.48. The van der Waals surface area contributed by atoms with Crippen LogP contribution in [0.3, 0.4) is 0 Å². The minimum Gasteiger partial charge on any atom is -0.456 e. The SMILES string of the molecule is CC(C)(C)c1ccc2oc3cc4c5c(c3c2c1)N(c1ccccc1)c1ccccc1B5c1cc2c(cc1N4c1ccccc1)N(c1c(-c3ccccc3)cccc1-c1ccccc1)c1cc3c(c4c1B2c1ccccc1N4c1ccccc1)c1ccccc1n3-c1ccccc1. The molecule has 2 aromatic heterocycles. The highest BCUT2D eigenvalue weighted by atomic mass is 16.3. The molecule has 0 bridgehead atoms. The molecule has 96 heavy (non-hydrogen) atoms. The van der Waals surface area contributed by atoms with Gasteiger partial charge in [-0.3, -0.25) is 0 Å². The van der Waals surface area contributed by atoms with E-state index in [1.165, 1.54) is 54.8 Å². The molecule has 0 saturated carbocycles. The Morgan fingerprint density at radius 2 is 0.760 bits per heavy atom. The van der Waals surface area contributed by atoms with Crippen molar-refractivity contribution in [2.75, 3.05) is 19.6 Å². The third-order valence-electron chi connectivity index (χ3n) is 20.8. The standard InChI is InChI=1S/C88H61B2N5O/c1-88(2,3)58-49-50-79-66(51-58)82-80(96-79)55-78-84-87(82)94(62-39-20-9-21-40-62)73-48-27-24-45-68(73)89(84)69-52-70-75(53-74(69)92(78)60-35-16-7-17-36-60)95(85-63(56-29-10-4-11-30-56)42-28-43-64(85)57-31-12-5-13-32-57)77-54-76-81(65-41-22-25-46-71(65)91(76)59-33-14-6-15-34-59)86-83(77)90(70)67-44-23-26-47-72(67)93(86)61-37-18-8-19-38-61/h4-55H,1-3H3. The molecule has 0 atom stereocenters. The number of anilines is 12. The van der Waals surface area contributed by atoms with Gasteiger partial charge in [0.15, 0.2) is 0 Å². The average molecular weight is 1230 g/mol. The van der Waals surface area contributed by atoms with E-state index in [2.05, 4.69) is 360 Å². The minimum absolute atomic E-state index is 0.101. The van der Waals surface area contributed by atoms with Crippen molar-refractivity contribution in [2.45, 2.75) is 26.2 Å². The quantitative estimate of drug-likeness (QED) is 0.148. The maximum Gasteiger partial charge on any atom is 0.252 e. The van der Waals surface area contributed by atoms with E-state index in [0.717, 1.165) is 123 Å². The van der Waals surface area contributed by atoms with Crippen LogP contribution in [0, 0.1) is 0 Å².